The zero-order valence-electron chi connectivity index (χ0n) is 20.2. The number of aromatic nitrogens is 2. The van der Waals surface area contributed by atoms with Crippen LogP contribution in [0, 0.1) is 0 Å². The Morgan fingerprint density at radius 2 is 1.61 bits per heavy atom. The van der Waals surface area contributed by atoms with Crippen molar-refractivity contribution >= 4 is 39.0 Å². The number of guanidine groups is 1. The summed E-state index contributed by atoms with van der Waals surface area (Å²) in [6.45, 7) is 4.59. The molecule has 0 saturated carbocycles. The quantitative estimate of drug-likeness (QED) is 0.461. The van der Waals surface area contributed by atoms with E-state index in [2.05, 4.69) is 47.3 Å². The molecule has 5 rings (SSSR count). The van der Waals surface area contributed by atoms with E-state index >= 15 is 0 Å². The van der Waals surface area contributed by atoms with Crippen molar-refractivity contribution in [2.24, 2.45) is 4.99 Å². The van der Waals surface area contributed by atoms with Gasteiger partial charge in [-0.15, -0.1) is 0 Å². The summed E-state index contributed by atoms with van der Waals surface area (Å²) in [4.78, 5) is 18.2. The topological polar surface area (TPSA) is 118 Å². The molecule has 0 atom stereocenters. The van der Waals surface area contributed by atoms with Crippen LogP contribution in [0.2, 0.25) is 0 Å². The zero-order valence-corrected chi connectivity index (χ0v) is 21.0. The van der Waals surface area contributed by atoms with Crippen molar-refractivity contribution in [3.05, 3.63) is 60.8 Å². The molecular formula is C24H29N9O2S. The molecule has 0 spiro atoms. The van der Waals surface area contributed by atoms with E-state index in [1.54, 1.807) is 18.3 Å². The fourth-order valence-corrected chi connectivity index (χ4v) is 4.59. The minimum Gasteiger partial charge on any atom is -0.339 e. The molecule has 2 aliphatic heterocycles. The van der Waals surface area contributed by atoms with Gasteiger partial charge in [0.05, 0.1) is 17.6 Å². The number of piperazine rings is 1. The van der Waals surface area contributed by atoms with Crippen LogP contribution >= 0.6 is 0 Å². The van der Waals surface area contributed by atoms with Crippen molar-refractivity contribution in [1.82, 2.24) is 25.2 Å². The SMILES string of the molecule is CN1CCN(C2=NCN(c3ccc(Nc4nccc(-c5ccc(NS(C)(=O)=O)cc5)n4)cc3)N2)CC1. The highest BCUT2D eigenvalue weighted by Crippen LogP contribution is 2.23. The van der Waals surface area contributed by atoms with Crippen LogP contribution in [0.15, 0.2) is 65.8 Å². The molecule has 1 saturated heterocycles. The van der Waals surface area contributed by atoms with E-state index < -0.39 is 10.0 Å². The van der Waals surface area contributed by atoms with E-state index in [-0.39, 0.29) is 0 Å². The summed E-state index contributed by atoms with van der Waals surface area (Å²) >= 11 is 0. The predicted molar refractivity (Wildman–Crippen MR) is 143 cm³/mol. The van der Waals surface area contributed by atoms with Gasteiger partial charge in [-0.3, -0.25) is 15.2 Å². The van der Waals surface area contributed by atoms with Crippen LogP contribution in [0.1, 0.15) is 0 Å². The molecule has 11 nitrogen and oxygen atoms in total. The molecule has 3 heterocycles. The number of hydrazine groups is 1. The van der Waals surface area contributed by atoms with Gasteiger partial charge < -0.3 is 15.1 Å². The molecule has 3 N–H and O–H groups in total. The number of sulfonamides is 1. The zero-order chi connectivity index (χ0) is 25.1. The minimum atomic E-state index is -3.32. The first-order chi connectivity index (χ1) is 17.3. The Kier molecular flexibility index (Phi) is 6.61. The molecule has 0 radical (unpaired) electrons. The molecule has 188 valence electrons. The second-order valence-electron chi connectivity index (χ2n) is 8.84. The van der Waals surface area contributed by atoms with Gasteiger partial charge in [0, 0.05) is 49.3 Å². The number of nitrogens with one attached hydrogen (secondary N) is 3. The fraction of sp³-hybridized carbons (Fsp3) is 0.292. The number of hydrogen-bond acceptors (Lipinski definition) is 10. The predicted octanol–water partition coefficient (Wildman–Crippen LogP) is 2.14. The van der Waals surface area contributed by atoms with Crippen LogP contribution in [0.25, 0.3) is 11.3 Å². The maximum Gasteiger partial charge on any atom is 0.229 e. The summed E-state index contributed by atoms with van der Waals surface area (Å²) in [6, 6.07) is 16.9. The second kappa shape index (κ2) is 9.99. The number of hydrogen-bond donors (Lipinski definition) is 3. The van der Waals surface area contributed by atoms with Gasteiger partial charge in [0.2, 0.25) is 21.9 Å². The van der Waals surface area contributed by atoms with Crippen LogP contribution < -0.4 is 20.5 Å². The third-order valence-corrected chi connectivity index (χ3v) is 6.58. The molecule has 0 amide bonds. The van der Waals surface area contributed by atoms with E-state index in [4.69, 9.17) is 0 Å². The molecule has 2 aromatic carbocycles. The molecule has 0 unspecified atom stereocenters. The Hall–Kier alpha value is -3.90. The van der Waals surface area contributed by atoms with Gasteiger partial charge in [0.1, 0.15) is 6.67 Å². The fourth-order valence-electron chi connectivity index (χ4n) is 4.02. The first-order valence-corrected chi connectivity index (χ1v) is 13.5. The lowest BCUT2D eigenvalue weighted by Crippen LogP contribution is -2.52. The summed E-state index contributed by atoms with van der Waals surface area (Å²) in [6.07, 6.45) is 2.81. The first-order valence-electron chi connectivity index (χ1n) is 11.6. The van der Waals surface area contributed by atoms with E-state index in [0.717, 1.165) is 61.0 Å². The molecule has 2 aliphatic rings. The van der Waals surface area contributed by atoms with Crippen molar-refractivity contribution in [3.8, 4) is 11.3 Å². The van der Waals surface area contributed by atoms with Crippen molar-refractivity contribution in [3.63, 3.8) is 0 Å². The van der Waals surface area contributed by atoms with E-state index in [9.17, 15) is 8.42 Å². The number of likely N-dealkylation sites (N-methyl/N-ethyl adjacent to an activating group) is 1. The highest BCUT2D eigenvalue weighted by molar-refractivity contribution is 7.92. The lowest BCUT2D eigenvalue weighted by atomic mass is 10.1. The third-order valence-electron chi connectivity index (χ3n) is 5.97. The van der Waals surface area contributed by atoms with E-state index in [1.807, 2.05) is 47.5 Å². The molecular weight excluding hydrogens is 478 g/mol. The average Bonchev–Trinajstić information content (AvgIpc) is 3.35. The lowest BCUT2D eigenvalue weighted by molar-refractivity contribution is 0.212. The van der Waals surface area contributed by atoms with E-state index in [0.29, 0.717) is 18.3 Å². The molecule has 3 aromatic rings. The number of anilines is 4. The Bertz CT molecular complexity index is 1340. The van der Waals surface area contributed by atoms with Crippen LogP contribution in [-0.4, -0.2) is 80.3 Å². The Morgan fingerprint density at radius 3 is 2.31 bits per heavy atom. The summed E-state index contributed by atoms with van der Waals surface area (Å²) < 4.78 is 25.3. The maximum atomic E-state index is 11.4. The summed E-state index contributed by atoms with van der Waals surface area (Å²) in [7, 11) is -1.18. The molecule has 1 fully saturated rings. The highest BCUT2D eigenvalue weighted by Gasteiger charge is 2.23. The van der Waals surface area contributed by atoms with Crippen molar-refractivity contribution < 1.29 is 8.42 Å². The first kappa shape index (κ1) is 23.8. The molecule has 1 aromatic heterocycles. The van der Waals surface area contributed by atoms with Gasteiger partial charge >= 0.3 is 0 Å². The van der Waals surface area contributed by atoms with Gasteiger partial charge in [-0.25, -0.2) is 23.4 Å². The normalized spacial score (nSPS) is 16.4. The summed E-state index contributed by atoms with van der Waals surface area (Å²) in [5.41, 5.74) is 7.38. The van der Waals surface area contributed by atoms with Gasteiger partial charge in [-0.05, 0) is 49.5 Å². The Balaban J connectivity index is 1.20. The smallest absolute Gasteiger partial charge is 0.229 e. The monoisotopic (exact) mass is 507 g/mol. The van der Waals surface area contributed by atoms with Gasteiger partial charge in [0.25, 0.3) is 0 Å². The number of aliphatic imine (C=N–C) groups is 1. The summed E-state index contributed by atoms with van der Waals surface area (Å²) in [5, 5.41) is 5.27. The minimum absolute atomic E-state index is 0.471. The van der Waals surface area contributed by atoms with Crippen molar-refractivity contribution in [2.75, 3.05) is 61.2 Å². The lowest BCUT2D eigenvalue weighted by Gasteiger charge is -2.34. The maximum absolute atomic E-state index is 11.4. The van der Waals surface area contributed by atoms with Gasteiger partial charge in [-0.1, -0.05) is 12.1 Å². The molecule has 0 bridgehead atoms. The summed E-state index contributed by atoms with van der Waals surface area (Å²) in [5.74, 6) is 1.40. The third kappa shape index (κ3) is 5.83. The van der Waals surface area contributed by atoms with Crippen LogP contribution in [0.4, 0.5) is 23.0 Å². The van der Waals surface area contributed by atoms with Crippen LogP contribution in [-0.2, 0) is 10.0 Å². The van der Waals surface area contributed by atoms with Crippen LogP contribution in [0.5, 0.6) is 0 Å². The second-order valence-corrected chi connectivity index (χ2v) is 10.6. The largest absolute Gasteiger partial charge is 0.339 e. The Labute approximate surface area is 210 Å². The molecule has 0 aliphatic carbocycles. The van der Waals surface area contributed by atoms with E-state index in [1.165, 1.54) is 0 Å². The number of rotatable bonds is 6. The van der Waals surface area contributed by atoms with Crippen molar-refractivity contribution in [2.45, 2.75) is 0 Å². The average molecular weight is 508 g/mol. The molecule has 12 heteroatoms. The van der Waals surface area contributed by atoms with Gasteiger partial charge in [0.15, 0.2) is 0 Å². The van der Waals surface area contributed by atoms with Crippen molar-refractivity contribution in [1.29, 1.82) is 0 Å². The standard InChI is InChI=1S/C24H29N9O2S/c1-31-13-15-32(16-14-31)24-26-17-33(29-24)21-9-7-19(8-10-21)27-23-25-12-11-22(28-23)18-3-5-20(6-4-18)30-36(2,34)35/h3-12,30H,13-17H2,1-2H3,(H,26,29)(H,25,27,28). The Morgan fingerprint density at radius 1 is 0.917 bits per heavy atom. The number of benzene rings is 2. The highest BCUT2D eigenvalue weighted by atomic mass is 32.2. The van der Waals surface area contributed by atoms with Crippen LogP contribution in [0.3, 0.4) is 0 Å². The van der Waals surface area contributed by atoms with Gasteiger partial charge in [-0.2, -0.15) is 0 Å². The molecule has 36 heavy (non-hydrogen) atoms. The number of nitrogens with zero attached hydrogens (tertiary/aromatic N) is 6.